The highest BCUT2D eigenvalue weighted by molar-refractivity contribution is 5.86. The van der Waals surface area contributed by atoms with Gasteiger partial charge in [-0.2, -0.15) is 0 Å². The third kappa shape index (κ3) is 4.09. The average molecular weight is 385 g/mol. The lowest BCUT2D eigenvalue weighted by atomic mass is 10.1. The van der Waals surface area contributed by atoms with E-state index in [1.54, 1.807) is 37.4 Å². The Kier molecular flexibility index (Phi) is 7.03. The largest absolute Gasteiger partial charge is 0.496 e. The van der Waals surface area contributed by atoms with E-state index in [2.05, 4.69) is 5.32 Å². The van der Waals surface area contributed by atoms with Crippen LogP contribution in [0.4, 0.5) is 5.69 Å². The molecule has 3 aromatic rings. The quantitative estimate of drug-likeness (QED) is 0.640. The Bertz CT molecular complexity index is 1030. The van der Waals surface area contributed by atoms with E-state index in [0.29, 0.717) is 51.7 Å². The van der Waals surface area contributed by atoms with Crippen molar-refractivity contribution in [1.82, 2.24) is 0 Å². The van der Waals surface area contributed by atoms with Crippen molar-refractivity contribution in [1.29, 1.82) is 0 Å². The summed E-state index contributed by atoms with van der Waals surface area (Å²) in [6.45, 7) is 4.35. The number of nitrogens with one attached hydrogen (secondary N) is 1. The minimum atomic E-state index is -0.236. The number of rotatable bonds is 6. The van der Waals surface area contributed by atoms with E-state index < -0.39 is 0 Å². The molecule has 0 spiro atoms. The van der Waals surface area contributed by atoms with Crippen molar-refractivity contribution in [2.75, 3.05) is 26.6 Å². The third-order valence-corrected chi connectivity index (χ3v) is 3.93. The minimum Gasteiger partial charge on any atom is -0.496 e. The fourth-order valence-corrected chi connectivity index (χ4v) is 2.68. The first-order chi connectivity index (χ1) is 13.6. The van der Waals surface area contributed by atoms with Crippen LogP contribution in [-0.4, -0.2) is 27.7 Å². The number of fused-ring (bicyclic) bond motifs is 1. The van der Waals surface area contributed by atoms with Gasteiger partial charge in [-0.05, 0) is 18.2 Å². The Balaban J connectivity index is 0.00000136. The van der Waals surface area contributed by atoms with Gasteiger partial charge in [0.25, 0.3) is 6.47 Å². The summed E-state index contributed by atoms with van der Waals surface area (Å²) in [6.07, 6.45) is 0. The van der Waals surface area contributed by atoms with Gasteiger partial charge >= 0.3 is 0 Å². The fourth-order valence-electron chi connectivity index (χ4n) is 2.68. The molecule has 2 aromatic carbocycles. The maximum Gasteiger partial charge on any atom is 0.298 e. The van der Waals surface area contributed by atoms with Gasteiger partial charge in [0.15, 0.2) is 11.2 Å². The topological polar surface area (TPSA) is 87.0 Å². The number of ether oxygens (including phenoxy) is 3. The first-order valence-corrected chi connectivity index (χ1v) is 8.73. The molecule has 0 amide bonds. The van der Waals surface area contributed by atoms with Gasteiger partial charge < -0.3 is 23.9 Å². The van der Waals surface area contributed by atoms with Gasteiger partial charge in [0.1, 0.15) is 28.2 Å². The highest BCUT2D eigenvalue weighted by Gasteiger charge is 2.14. The number of carbonyl (C=O) groups excluding carboxylic acids is 1. The van der Waals surface area contributed by atoms with Gasteiger partial charge in [-0.1, -0.05) is 13.8 Å². The number of hydrogen-bond acceptors (Lipinski definition) is 7. The zero-order chi connectivity index (χ0) is 20.7. The molecule has 0 saturated heterocycles. The van der Waals surface area contributed by atoms with Crippen LogP contribution >= 0.6 is 0 Å². The van der Waals surface area contributed by atoms with Crippen molar-refractivity contribution in [3.05, 3.63) is 46.6 Å². The summed E-state index contributed by atoms with van der Waals surface area (Å²) in [7, 11) is 4.70. The SMILES string of the molecule is CC.CNc1cc(-c2cc(=O)c3c(OC)cc(OC)cc3o2)ccc1OC=O. The molecule has 28 heavy (non-hydrogen) atoms. The summed E-state index contributed by atoms with van der Waals surface area (Å²) in [5.41, 5.74) is 1.34. The van der Waals surface area contributed by atoms with E-state index in [4.69, 9.17) is 18.6 Å². The van der Waals surface area contributed by atoms with Gasteiger partial charge in [-0.25, -0.2) is 0 Å². The Labute approximate surface area is 162 Å². The van der Waals surface area contributed by atoms with Crippen molar-refractivity contribution in [2.24, 2.45) is 0 Å². The van der Waals surface area contributed by atoms with Crippen molar-refractivity contribution >= 4 is 23.1 Å². The molecule has 1 N–H and O–H groups in total. The number of carbonyl (C=O) groups is 1. The number of methoxy groups -OCH3 is 2. The van der Waals surface area contributed by atoms with Crippen molar-refractivity contribution in [3.8, 4) is 28.6 Å². The zero-order valence-electron chi connectivity index (χ0n) is 16.5. The van der Waals surface area contributed by atoms with Crippen LogP contribution in [0.15, 0.2) is 45.6 Å². The van der Waals surface area contributed by atoms with Gasteiger partial charge in [-0.3, -0.25) is 9.59 Å². The predicted octanol–water partition coefficient (Wildman–Crippen LogP) is 4.08. The maximum atomic E-state index is 12.6. The molecule has 0 radical (unpaired) electrons. The maximum absolute atomic E-state index is 12.6. The van der Waals surface area contributed by atoms with Crippen molar-refractivity contribution in [3.63, 3.8) is 0 Å². The van der Waals surface area contributed by atoms with Crippen LogP contribution in [0.5, 0.6) is 17.2 Å². The van der Waals surface area contributed by atoms with Gasteiger partial charge in [0, 0.05) is 30.8 Å². The zero-order valence-corrected chi connectivity index (χ0v) is 16.5. The molecule has 0 bridgehead atoms. The third-order valence-electron chi connectivity index (χ3n) is 3.93. The monoisotopic (exact) mass is 385 g/mol. The van der Waals surface area contributed by atoms with Crippen LogP contribution in [0.2, 0.25) is 0 Å². The molecule has 7 nitrogen and oxygen atoms in total. The smallest absolute Gasteiger partial charge is 0.298 e. The standard InChI is InChI=1S/C19H17NO6.C2H6/c1-20-13-6-11(4-5-15(13)25-10-21)16-9-14(22)19-17(24-3)7-12(23-2)8-18(19)26-16;1-2/h4-10,20H,1-3H3;1-2H3. The van der Waals surface area contributed by atoms with Crippen LogP contribution in [0.3, 0.4) is 0 Å². The number of anilines is 1. The van der Waals surface area contributed by atoms with E-state index in [9.17, 15) is 9.59 Å². The van der Waals surface area contributed by atoms with E-state index in [-0.39, 0.29) is 5.43 Å². The van der Waals surface area contributed by atoms with E-state index in [1.807, 2.05) is 13.8 Å². The lowest BCUT2D eigenvalue weighted by Gasteiger charge is -2.11. The van der Waals surface area contributed by atoms with Crippen molar-refractivity contribution < 1.29 is 23.4 Å². The highest BCUT2D eigenvalue weighted by atomic mass is 16.5. The molecule has 0 unspecified atom stereocenters. The second-order valence-corrected chi connectivity index (χ2v) is 5.35. The summed E-state index contributed by atoms with van der Waals surface area (Å²) in [5, 5.41) is 3.27. The van der Waals surface area contributed by atoms with E-state index in [0.717, 1.165) is 0 Å². The first-order valence-electron chi connectivity index (χ1n) is 8.73. The van der Waals surface area contributed by atoms with E-state index >= 15 is 0 Å². The van der Waals surface area contributed by atoms with Crippen LogP contribution in [-0.2, 0) is 4.79 Å². The first kappa shape index (κ1) is 20.8. The van der Waals surface area contributed by atoms with Gasteiger partial charge in [0.2, 0.25) is 0 Å². The normalized spacial score (nSPS) is 9.89. The molecule has 148 valence electrons. The fraction of sp³-hybridized carbons (Fsp3) is 0.238. The predicted molar refractivity (Wildman–Crippen MR) is 109 cm³/mol. The number of hydrogen-bond donors (Lipinski definition) is 1. The molecule has 1 heterocycles. The Hall–Kier alpha value is -3.48. The van der Waals surface area contributed by atoms with Crippen molar-refractivity contribution in [2.45, 2.75) is 13.8 Å². The van der Waals surface area contributed by atoms with Gasteiger partial charge in [0.05, 0.1) is 19.9 Å². The molecule has 3 rings (SSSR count). The molecule has 0 atom stereocenters. The molecule has 0 aliphatic rings. The molecular weight excluding hydrogens is 362 g/mol. The number of benzene rings is 2. The molecule has 1 aromatic heterocycles. The Morgan fingerprint density at radius 1 is 1.00 bits per heavy atom. The molecular formula is C21H23NO6. The average Bonchev–Trinajstić information content (AvgIpc) is 2.74. The van der Waals surface area contributed by atoms with Crippen LogP contribution in [0.25, 0.3) is 22.3 Å². The second kappa shape index (κ2) is 9.45. The van der Waals surface area contributed by atoms with E-state index in [1.165, 1.54) is 20.3 Å². The molecule has 0 aliphatic carbocycles. The Morgan fingerprint density at radius 2 is 1.75 bits per heavy atom. The molecule has 0 aliphatic heterocycles. The lowest BCUT2D eigenvalue weighted by molar-refractivity contribution is -0.120. The summed E-state index contributed by atoms with van der Waals surface area (Å²) >= 11 is 0. The molecule has 7 heteroatoms. The van der Waals surface area contributed by atoms with Gasteiger partial charge in [-0.15, -0.1) is 0 Å². The molecule has 0 fully saturated rings. The molecule has 0 saturated carbocycles. The summed E-state index contributed by atoms with van der Waals surface area (Å²) in [6, 6.07) is 9.69. The van der Waals surface area contributed by atoms with Crippen LogP contribution in [0.1, 0.15) is 13.8 Å². The van der Waals surface area contributed by atoms with Crippen LogP contribution < -0.4 is 25.0 Å². The Morgan fingerprint density at radius 3 is 2.36 bits per heavy atom. The summed E-state index contributed by atoms with van der Waals surface area (Å²) < 4.78 is 21.3. The summed E-state index contributed by atoms with van der Waals surface area (Å²) in [4.78, 5) is 23.2. The second-order valence-electron chi connectivity index (χ2n) is 5.35. The lowest BCUT2D eigenvalue weighted by Crippen LogP contribution is -2.03. The summed E-state index contributed by atoms with van der Waals surface area (Å²) in [5.74, 6) is 1.63. The highest BCUT2D eigenvalue weighted by Crippen LogP contribution is 2.34. The minimum absolute atomic E-state index is 0.236. The van der Waals surface area contributed by atoms with Crippen LogP contribution in [0, 0.1) is 0 Å².